The van der Waals surface area contributed by atoms with E-state index in [1.54, 1.807) is 30.1 Å². The molecule has 480 valence electrons. The number of anilines is 2. The van der Waals surface area contributed by atoms with Crippen molar-refractivity contribution in [2.75, 3.05) is 77.2 Å². The monoisotopic (exact) mass is 1340 g/mol. The smallest absolute Gasteiger partial charge is 0.413 e. The van der Waals surface area contributed by atoms with Crippen LogP contribution < -0.4 is 16.0 Å². The Morgan fingerprint density at radius 2 is 1.08 bits per heavy atom. The van der Waals surface area contributed by atoms with Gasteiger partial charge in [0, 0.05) is 79.0 Å². The fourth-order valence-electron chi connectivity index (χ4n) is 9.00. The number of nitrogens with zero attached hydrogens (tertiary/aromatic N) is 6. The van der Waals surface area contributed by atoms with Crippen molar-refractivity contribution < 1.29 is 61.7 Å². The summed E-state index contributed by atoms with van der Waals surface area (Å²) in [5, 5.41) is 18.2. The fourth-order valence-corrected chi connectivity index (χ4v) is 11.1. The van der Waals surface area contributed by atoms with Gasteiger partial charge in [0.1, 0.15) is 30.4 Å². The van der Waals surface area contributed by atoms with Crippen molar-refractivity contribution in [3.8, 4) is 0 Å². The van der Waals surface area contributed by atoms with Gasteiger partial charge in [-0.3, -0.25) is 29.8 Å². The number of hydrogen-bond acceptors (Lipinski definition) is 15. The number of piperazine rings is 1. The van der Waals surface area contributed by atoms with E-state index in [0.717, 1.165) is 79.0 Å². The Hall–Kier alpha value is -6.55. The van der Waals surface area contributed by atoms with Crippen LogP contribution in [0.25, 0.3) is 20.4 Å². The molecule has 2 aliphatic rings. The third-order valence-electron chi connectivity index (χ3n) is 13.8. The first-order valence-corrected chi connectivity index (χ1v) is 30.6. The molecule has 0 unspecified atom stereocenters. The number of aryl methyl sites for hydroxylation is 2. The number of likely N-dealkylation sites (N-methyl/N-ethyl adjacent to an activating group) is 2. The molecule has 6 aromatic rings. The van der Waals surface area contributed by atoms with Gasteiger partial charge in [0.25, 0.3) is 0 Å². The Morgan fingerprint density at radius 3 is 1.51 bits per heavy atom. The molecule has 8 rings (SSSR count). The molecule has 2 aromatic heterocycles. The molecule has 0 radical (unpaired) electrons. The fraction of sp³-hybridized carbons (Fsp3) is 0.450. The molecule has 4 N–H and O–H groups in total. The number of amides is 6. The largest absolute Gasteiger partial charge is 0.481 e. The van der Waals surface area contributed by atoms with Crippen LogP contribution in [0.2, 0.25) is 10.0 Å². The molecular weight excluding hydrogens is 1260 g/mol. The average molecular weight is 1340 g/mol. The van der Waals surface area contributed by atoms with Gasteiger partial charge in [-0.15, -0.1) is 0 Å². The lowest BCUT2D eigenvalue weighted by molar-refractivity contribution is -0.139. The molecule has 2 fully saturated rings. The van der Waals surface area contributed by atoms with Crippen LogP contribution in [0.15, 0.2) is 84.9 Å². The van der Waals surface area contributed by atoms with E-state index < -0.39 is 41.9 Å². The average Bonchev–Trinajstić information content (AvgIpc) is 3.60. The molecule has 2 aliphatic heterocycles. The number of halogens is 4. The lowest BCUT2D eigenvalue weighted by Gasteiger charge is -2.30. The van der Waals surface area contributed by atoms with Gasteiger partial charge >= 0.3 is 24.2 Å². The molecule has 88 heavy (non-hydrogen) atoms. The van der Waals surface area contributed by atoms with Crippen molar-refractivity contribution in [2.45, 2.75) is 109 Å². The zero-order valence-electron chi connectivity index (χ0n) is 49.7. The number of carbonyl (C=O) groups excluding carboxylic acids is 6. The molecule has 20 nitrogen and oxygen atoms in total. The number of likely N-dealkylation sites (tertiary alicyclic amines) is 1. The number of fused-ring (bicyclic) bond motifs is 2. The van der Waals surface area contributed by atoms with Gasteiger partial charge in [-0.2, -0.15) is 27.0 Å². The third kappa shape index (κ3) is 24.1. The van der Waals surface area contributed by atoms with E-state index in [1.165, 1.54) is 57.7 Å². The minimum Gasteiger partial charge on any atom is -0.481 e. The summed E-state index contributed by atoms with van der Waals surface area (Å²) in [6.45, 7) is 10.1. The van der Waals surface area contributed by atoms with E-state index >= 15 is 0 Å². The van der Waals surface area contributed by atoms with Crippen LogP contribution in [-0.2, 0) is 46.2 Å². The number of benzene rings is 4. The van der Waals surface area contributed by atoms with Crippen LogP contribution in [0.1, 0.15) is 89.7 Å². The first kappa shape index (κ1) is 73.9. The van der Waals surface area contributed by atoms with E-state index in [4.69, 9.17) is 42.5 Å². The van der Waals surface area contributed by atoms with Crippen LogP contribution in [-0.4, -0.2) is 161 Å². The Balaban J connectivity index is 0.000000309. The number of hydrogen-bond donors (Lipinski definition) is 4. The Labute approximate surface area is 542 Å². The van der Waals surface area contributed by atoms with Gasteiger partial charge in [-0.25, -0.2) is 33.1 Å². The maximum Gasteiger partial charge on any atom is 0.413 e. The van der Waals surface area contributed by atoms with Gasteiger partial charge in [0.05, 0.1) is 42.6 Å². The highest BCUT2D eigenvalue weighted by Crippen LogP contribution is 2.28. The number of nitrogens with one attached hydrogen (secondary N) is 3. The number of carboxylic acid groups (broad SMARTS) is 1. The Morgan fingerprint density at radius 1 is 0.636 bits per heavy atom. The van der Waals surface area contributed by atoms with Crippen LogP contribution >= 0.6 is 72.9 Å². The summed E-state index contributed by atoms with van der Waals surface area (Å²) in [6, 6.07) is 22.7. The summed E-state index contributed by atoms with van der Waals surface area (Å²) in [6.07, 6.45) is 2.51. The van der Waals surface area contributed by atoms with E-state index in [9.17, 15) is 42.3 Å². The summed E-state index contributed by atoms with van der Waals surface area (Å²) in [7, 11) is 3.14. The van der Waals surface area contributed by atoms with Crippen LogP contribution in [0.4, 0.5) is 33.4 Å². The number of aliphatic carboxylic acids is 1. The normalized spacial score (nSPS) is 13.6. The molecular formula is C60H77Cl2F2N9O11S4. The molecule has 0 bridgehead atoms. The predicted molar refractivity (Wildman–Crippen MR) is 350 cm³/mol. The molecule has 6 amide bonds. The maximum absolute atomic E-state index is 13.8. The lowest BCUT2D eigenvalue weighted by Crippen LogP contribution is -2.48. The van der Waals surface area contributed by atoms with Crippen molar-refractivity contribution in [1.29, 1.82) is 0 Å². The van der Waals surface area contributed by atoms with Crippen LogP contribution in [0, 0.1) is 11.6 Å². The molecule has 2 saturated heterocycles. The number of rotatable bonds is 20. The van der Waals surface area contributed by atoms with Gasteiger partial charge < -0.3 is 44.2 Å². The number of aromatic nitrogens is 2. The minimum absolute atomic E-state index is 0. The third-order valence-corrected chi connectivity index (χ3v) is 16.6. The van der Waals surface area contributed by atoms with Crippen molar-refractivity contribution in [3.63, 3.8) is 0 Å². The molecule has 0 saturated carbocycles. The van der Waals surface area contributed by atoms with E-state index in [1.807, 2.05) is 74.2 Å². The van der Waals surface area contributed by atoms with Crippen molar-refractivity contribution in [1.82, 2.24) is 34.9 Å². The molecule has 2 atom stereocenters. The highest BCUT2D eigenvalue weighted by Gasteiger charge is 2.27. The maximum atomic E-state index is 13.8. The zero-order valence-corrected chi connectivity index (χ0v) is 54.9. The van der Waals surface area contributed by atoms with Gasteiger partial charge in [0.15, 0.2) is 10.3 Å². The second-order valence-electron chi connectivity index (χ2n) is 21.3. The Kier molecular flexibility index (Phi) is 30.9. The Bertz CT molecular complexity index is 3210. The highest BCUT2D eigenvalue weighted by atomic mass is 35.5. The first-order chi connectivity index (χ1) is 41.0. The SMILES string of the molecule is CC(C)(C)OC(=O)N1CCNCC1.CN(C(=O)CCc1cccc(F)c1Cl)[C@@H](CCC(=O)N1CCCCC1)COC(=O)Nc1nc2ccccc2s1.CN(C(=O)CCc1cccc(F)c1Cl)[C@@H](CCC(=O)O)COC(=O)Nc1nc2ccccc2s1.S.S. The number of ether oxygens (including phenoxy) is 3. The number of piperidine rings is 1. The summed E-state index contributed by atoms with van der Waals surface area (Å²) in [5.74, 6) is -2.63. The lowest BCUT2D eigenvalue weighted by atomic mass is 10.1. The predicted octanol–water partition coefficient (Wildman–Crippen LogP) is 11.9. The van der Waals surface area contributed by atoms with Crippen molar-refractivity contribution >= 4 is 146 Å². The highest BCUT2D eigenvalue weighted by molar-refractivity contribution is 7.59. The molecule has 4 heterocycles. The molecule has 0 spiro atoms. The van der Waals surface area contributed by atoms with Gasteiger partial charge in [-0.05, 0) is 113 Å². The van der Waals surface area contributed by atoms with E-state index in [-0.39, 0.29) is 125 Å². The van der Waals surface area contributed by atoms with Gasteiger partial charge in [0.2, 0.25) is 17.7 Å². The minimum atomic E-state index is -1.03. The summed E-state index contributed by atoms with van der Waals surface area (Å²) in [5.41, 5.74) is 2.17. The van der Waals surface area contributed by atoms with Crippen molar-refractivity contribution in [2.24, 2.45) is 0 Å². The first-order valence-electron chi connectivity index (χ1n) is 28.2. The quantitative estimate of drug-likeness (QED) is 0.0520. The zero-order chi connectivity index (χ0) is 62.3. The number of thiazole rings is 2. The van der Waals surface area contributed by atoms with Crippen molar-refractivity contribution in [3.05, 3.63) is 118 Å². The summed E-state index contributed by atoms with van der Waals surface area (Å²) in [4.78, 5) is 101. The summed E-state index contributed by atoms with van der Waals surface area (Å²) >= 11 is 14.6. The topological polar surface area (TPSA) is 242 Å². The van der Waals surface area contributed by atoms with Crippen LogP contribution in [0.3, 0.4) is 0 Å². The second kappa shape index (κ2) is 36.8. The second-order valence-corrected chi connectivity index (χ2v) is 24.1. The summed E-state index contributed by atoms with van der Waals surface area (Å²) < 4.78 is 45.2. The number of carboxylic acids is 1. The molecule has 4 aromatic carbocycles. The number of para-hydroxylation sites is 2. The standard InChI is InChI=1S/C28H32ClFN4O4S.C23H23ClFN3O5S.C9H18N2O2.2H2S/c1-33(24(35)14-12-19-8-7-9-21(30)26(19)29)20(13-15-25(36)34-16-5-2-6-17-34)18-38-28(37)32-27-31-22-10-3-4-11-23(22)39-27;1-28(19(29)11-9-14-5-4-6-16(25)21(14)24)15(10-12-20(30)31)13-33-23(32)27-22-26-17-7-2-3-8-18(17)34-22;1-9(2,3)13-8(12)11-6-4-10-5-7-11;;/h3-4,7-11,20H,2,5-6,12-18H2,1H3,(H,31,32,37);2-8,15H,9-13H2,1H3,(H,30,31)(H,26,27,32);10H,4-7H2,1-3H3;2*1H2/t20-;15-;;;/m00.../s1. The number of carbonyl (C=O) groups is 7. The van der Waals surface area contributed by atoms with Gasteiger partial charge in [-0.1, -0.05) is 94.4 Å². The van der Waals surface area contributed by atoms with E-state index in [0.29, 0.717) is 27.8 Å². The van der Waals surface area contributed by atoms with Crippen LogP contribution in [0.5, 0.6) is 0 Å². The molecule has 0 aliphatic carbocycles. The molecule has 28 heteroatoms. The van der Waals surface area contributed by atoms with E-state index in [2.05, 4.69) is 25.9 Å².